The number of nitrogens with zero attached hydrogens (tertiary/aromatic N) is 3. The normalized spacial score (nSPS) is 11.0. The van der Waals surface area contributed by atoms with E-state index in [0.29, 0.717) is 13.1 Å². The van der Waals surface area contributed by atoms with Gasteiger partial charge in [-0.1, -0.05) is 12.1 Å². The van der Waals surface area contributed by atoms with Gasteiger partial charge < -0.3 is 13.7 Å². The van der Waals surface area contributed by atoms with Crippen LogP contribution in [0.25, 0.3) is 5.65 Å². The van der Waals surface area contributed by atoms with E-state index in [1.54, 1.807) is 17.6 Å². The Hall–Kier alpha value is -2.86. The van der Waals surface area contributed by atoms with Crippen molar-refractivity contribution in [2.75, 3.05) is 0 Å². The first kappa shape index (κ1) is 15.7. The molecule has 0 aromatic carbocycles. The van der Waals surface area contributed by atoms with Crippen molar-refractivity contribution in [1.82, 2.24) is 14.3 Å². The van der Waals surface area contributed by atoms with E-state index >= 15 is 0 Å². The van der Waals surface area contributed by atoms with Gasteiger partial charge in [-0.15, -0.1) is 11.3 Å². The largest absolute Gasteiger partial charge is 0.467 e. The Morgan fingerprint density at radius 1 is 1.16 bits per heavy atom. The Morgan fingerprint density at radius 2 is 2.12 bits per heavy atom. The van der Waals surface area contributed by atoms with Gasteiger partial charge in [0.1, 0.15) is 11.4 Å². The Balaban J connectivity index is 1.53. The molecule has 4 aromatic rings. The molecule has 0 aliphatic carbocycles. The van der Waals surface area contributed by atoms with Crippen LogP contribution in [0.15, 0.2) is 70.9 Å². The van der Waals surface area contributed by atoms with Gasteiger partial charge in [-0.25, -0.2) is 4.98 Å². The van der Waals surface area contributed by atoms with Crippen molar-refractivity contribution in [1.29, 1.82) is 0 Å². The van der Waals surface area contributed by atoms with E-state index in [-0.39, 0.29) is 12.3 Å². The van der Waals surface area contributed by atoms with Crippen LogP contribution in [0.5, 0.6) is 0 Å². The minimum absolute atomic E-state index is 0.0354. The number of aromatic nitrogens is 2. The third-order valence-electron chi connectivity index (χ3n) is 3.95. The Morgan fingerprint density at radius 3 is 2.88 bits per heavy atom. The van der Waals surface area contributed by atoms with Crippen LogP contribution in [0.2, 0.25) is 0 Å². The van der Waals surface area contributed by atoms with Crippen LogP contribution in [-0.2, 0) is 24.3 Å². The molecule has 0 saturated heterocycles. The zero-order valence-electron chi connectivity index (χ0n) is 13.5. The predicted octanol–water partition coefficient (Wildman–Crippen LogP) is 3.76. The molecule has 0 saturated carbocycles. The van der Waals surface area contributed by atoms with Gasteiger partial charge >= 0.3 is 0 Å². The molecule has 0 aliphatic heterocycles. The summed E-state index contributed by atoms with van der Waals surface area (Å²) in [6.45, 7) is 1.03. The molecule has 0 radical (unpaired) electrons. The van der Waals surface area contributed by atoms with Crippen LogP contribution in [-0.4, -0.2) is 20.2 Å². The lowest BCUT2D eigenvalue weighted by atomic mass is 10.2. The zero-order chi connectivity index (χ0) is 17.1. The van der Waals surface area contributed by atoms with Crippen molar-refractivity contribution in [3.63, 3.8) is 0 Å². The van der Waals surface area contributed by atoms with Gasteiger partial charge in [0.05, 0.1) is 31.5 Å². The summed E-state index contributed by atoms with van der Waals surface area (Å²) in [6.07, 6.45) is 5.74. The van der Waals surface area contributed by atoms with Crippen molar-refractivity contribution in [2.45, 2.75) is 19.5 Å². The second-order valence-corrected chi connectivity index (χ2v) is 6.82. The first-order valence-corrected chi connectivity index (χ1v) is 8.91. The molecule has 0 unspecified atom stereocenters. The molecule has 6 heteroatoms. The van der Waals surface area contributed by atoms with E-state index in [4.69, 9.17) is 4.42 Å². The number of fused-ring (bicyclic) bond motifs is 1. The SMILES string of the molecule is O=C(Cc1cn2ccccc2n1)N(Cc1ccco1)Cc1cccs1. The molecule has 25 heavy (non-hydrogen) atoms. The highest BCUT2D eigenvalue weighted by Gasteiger charge is 2.18. The Labute approximate surface area is 149 Å². The second kappa shape index (κ2) is 6.94. The first-order valence-electron chi connectivity index (χ1n) is 8.03. The van der Waals surface area contributed by atoms with E-state index in [1.165, 1.54) is 0 Å². The quantitative estimate of drug-likeness (QED) is 0.531. The van der Waals surface area contributed by atoms with Gasteiger partial charge in [0, 0.05) is 17.3 Å². The number of furan rings is 1. The van der Waals surface area contributed by atoms with E-state index in [0.717, 1.165) is 22.0 Å². The minimum Gasteiger partial charge on any atom is -0.467 e. The number of hydrogen-bond acceptors (Lipinski definition) is 4. The van der Waals surface area contributed by atoms with Gasteiger partial charge in [-0.2, -0.15) is 0 Å². The number of hydrogen-bond donors (Lipinski definition) is 0. The van der Waals surface area contributed by atoms with E-state index in [2.05, 4.69) is 4.98 Å². The van der Waals surface area contributed by atoms with Crippen molar-refractivity contribution >= 4 is 22.9 Å². The fourth-order valence-corrected chi connectivity index (χ4v) is 3.47. The van der Waals surface area contributed by atoms with Gasteiger partial charge in [0.15, 0.2) is 0 Å². The summed E-state index contributed by atoms with van der Waals surface area (Å²) < 4.78 is 7.35. The summed E-state index contributed by atoms with van der Waals surface area (Å²) in [6, 6.07) is 13.6. The van der Waals surface area contributed by atoms with Crippen LogP contribution in [0.1, 0.15) is 16.3 Å². The van der Waals surface area contributed by atoms with E-state index < -0.39 is 0 Å². The number of carbonyl (C=O) groups excluding carboxylic acids is 1. The molecular formula is C19H17N3O2S. The topological polar surface area (TPSA) is 50.8 Å². The van der Waals surface area contributed by atoms with Crippen molar-refractivity contribution in [3.05, 3.63) is 82.8 Å². The Kier molecular flexibility index (Phi) is 4.35. The second-order valence-electron chi connectivity index (χ2n) is 5.78. The number of rotatable bonds is 6. The molecule has 0 aliphatic rings. The standard InChI is InChI=1S/C19H17N3O2S/c23-19(11-15-12-21-8-2-1-7-18(21)20-15)22(13-16-5-3-9-24-16)14-17-6-4-10-25-17/h1-10,12H,11,13-14H2. The maximum absolute atomic E-state index is 12.9. The predicted molar refractivity (Wildman–Crippen MR) is 96.2 cm³/mol. The minimum atomic E-state index is 0.0354. The molecule has 0 N–H and O–H groups in total. The lowest BCUT2D eigenvalue weighted by Crippen LogP contribution is -2.31. The van der Waals surface area contributed by atoms with Gasteiger partial charge in [0.25, 0.3) is 0 Å². The number of amides is 1. The van der Waals surface area contributed by atoms with Gasteiger partial charge in [-0.3, -0.25) is 4.79 Å². The van der Waals surface area contributed by atoms with Crippen LogP contribution in [0.3, 0.4) is 0 Å². The molecule has 0 fully saturated rings. The highest BCUT2D eigenvalue weighted by atomic mass is 32.1. The molecule has 4 heterocycles. The van der Waals surface area contributed by atoms with Gasteiger partial charge in [-0.05, 0) is 35.7 Å². The fraction of sp³-hybridized carbons (Fsp3) is 0.158. The molecule has 4 aromatic heterocycles. The smallest absolute Gasteiger partial charge is 0.229 e. The van der Waals surface area contributed by atoms with Crippen molar-refractivity contribution < 1.29 is 9.21 Å². The third-order valence-corrected chi connectivity index (χ3v) is 4.81. The average Bonchev–Trinajstić information content (AvgIpc) is 3.35. The maximum Gasteiger partial charge on any atom is 0.229 e. The molecule has 126 valence electrons. The molecule has 5 nitrogen and oxygen atoms in total. The monoisotopic (exact) mass is 351 g/mol. The fourth-order valence-electron chi connectivity index (χ4n) is 2.75. The van der Waals surface area contributed by atoms with E-state index in [9.17, 15) is 4.79 Å². The molecule has 0 bridgehead atoms. The summed E-state index contributed by atoms with van der Waals surface area (Å²) in [5, 5.41) is 2.02. The summed E-state index contributed by atoms with van der Waals surface area (Å²) >= 11 is 1.65. The third kappa shape index (κ3) is 3.64. The van der Waals surface area contributed by atoms with Crippen molar-refractivity contribution in [2.24, 2.45) is 0 Å². The number of carbonyl (C=O) groups is 1. The summed E-state index contributed by atoms with van der Waals surface area (Å²) in [5.74, 6) is 0.813. The van der Waals surface area contributed by atoms with Gasteiger partial charge in [0.2, 0.25) is 5.91 Å². The lowest BCUT2D eigenvalue weighted by Gasteiger charge is -2.20. The molecule has 1 amide bonds. The Bertz CT molecular complexity index is 889. The molecular weight excluding hydrogens is 334 g/mol. The number of thiophene rings is 1. The lowest BCUT2D eigenvalue weighted by molar-refractivity contribution is -0.132. The molecule has 0 spiro atoms. The van der Waals surface area contributed by atoms with Crippen LogP contribution in [0, 0.1) is 0 Å². The number of imidazole rings is 1. The number of pyridine rings is 1. The first-order chi connectivity index (χ1) is 12.3. The van der Waals surface area contributed by atoms with Crippen molar-refractivity contribution in [3.8, 4) is 0 Å². The highest BCUT2D eigenvalue weighted by Crippen LogP contribution is 2.16. The highest BCUT2D eigenvalue weighted by molar-refractivity contribution is 7.09. The van der Waals surface area contributed by atoms with Crippen LogP contribution < -0.4 is 0 Å². The zero-order valence-corrected chi connectivity index (χ0v) is 14.4. The molecule has 4 rings (SSSR count). The molecule has 0 atom stereocenters. The summed E-state index contributed by atoms with van der Waals surface area (Å²) in [4.78, 5) is 20.4. The average molecular weight is 351 g/mol. The summed E-state index contributed by atoms with van der Waals surface area (Å²) in [5.41, 5.74) is 1.62. The summed E-state index contributed by atoms with van der Waals surface area (Å²) in [7, 11) is 0. The van der Waals surface area contributed by atoms with Crippen LogP contribution >= 0.6 is 11.3 Å². The van der Waals surface area contributed by atoms with Crippen LogP contribution in [0.4, 0.5) is 0 Å². The van der Waals surface area contributed by atoms with E-state index in [1.807, 2.05) is 69.5 Å². The maximum atomic E-state index is 12.9.